The molecule has 4 aromatic rings. The molecule has 0 spiro atoms. The molecular weight excluding hydrogens is 645 g/mol. The molecule has 0 aliphatic carbocycles. The number of allylic oxidation sites excluding steroid dienone is 16. The van der Waals surface area contributed by atoms with Crippen LogP contribution in [-0.4, -0.2) is 19.6 Å². The quantitative estimate of drug-likeness (QED) is 0.0908. The zero-order valence-electron chi connectivity index (χ0n) is 29.6. The van der Waals surface area contributed by atoms with Gasteiger partial charge in [0.1, 0.15) is 5.75 Å². The van der Waals surface area contributed by atoms with Gasteiger partial charge in [0, 0.05) is 9.79 Å². The van der Waals surface area contributed by atoms with E-state index in [2.05, 4.69) is 196 Å². The average Bonchev–Trinajstić information content (AvgIpc) is 3.16. The first-order valence-corrected chi connectivity index (χ1v) is 19.0. The standard InChI is InChI=1S/C47H46OS2/c1-37(13-11-15-39-23-33-46(49-4)34-24-39)21-27-42(41-17-7-6-8-18-41)19-9-10-20-43(44-29-31-45(48-3)32-30-44)28-22-38(2)14-12-16-40-25-35-47(50-5)36-26-40/h6-36H,1-5H3/b10-9+,15-11+,16-12+,27-21+,28-22+,37-13+,38-14+,42-19-,43-20-. The maximum atomic E-state index is 5.41. The molecule has 0 N–H and O–H groups in total. The monoisotopic (exact) mass is 690 g/mol. The van der Waals surface area contributed by atoms with Crippen molar-refractivity contribution in [3.05, 3.63) is 209 Å². The Hall–Kier alpha value is -4.96. The fourth-order valence-corrected chi connectivity index (χ4v) is 5.65. The summed E-state index contributed by atoms with van der Waals surface area (Å²) >= 11 is 3.51. The Morgan fingerprint density at radius 2 is 0.920 bits per heavy atom. The molecule has 0 saturated heterocycles. The van der Waals surface area contributed by atoms with E-state index >= 15 is 0 Å². The lowest BCUT2D eigenvalue weighted by Gasteiger charge is -2.05. The Morgan fingerprint density at radius 1 is 0.480 bits per heavy atom. The van der Waals surface area contributed by atoms with Crippen molar-refractivity contribution < 1.29 is 4.74 Å². The predicted molar refractivity (Wildman–Crippen MR) is 225 cm³/mol. The molecule has 3 heteroatoms. The molecular formula is C47H46OS2. The number of hydrogen-bond acceptors (Lipinski definition) is 3. The van der Waals surface area contributed by atoms with Crippen LogP contribution in [0.2, 0.25) is 0 Å². The Morgan fingerprint density at radius 3 is 1.34 bits per heavy atom. The normalized spacial score (nSPS) is 13.5. The van der Waals surface area contributed by atoms with Crippen molar-refractivity contribution in [2.24, 2.45) is 0 Å². The van der Waals surface area contributed by atoms with E-state index in [0.29, 0.717) is 0 Å². The van der Waals surface area contributed by atoms with Crippen LogP contribution in [0.1, 0.15) is 36.1 Å². The van der Waals surface area contributed by atoms with Crippen molar-refractivity contribution in [3.8, 4) is 5.75 Å². The van der Waals surface area contributed by atoms with Gasteiger partial charge in [-0.1, -0.05) is 163 Å². The smallest absolute Gasteiger partial charge is 0.118 e. The van der Waals surface area contributed by atoms with E-state index in [-0.39, 0.29) is 0 Å². The van der Waals surface area contributed by atoms with Crippen LogP contribution in [0.3, 0.4) is 0 Å². The maximum absolute atomic E-state index is 5.41. The summed E-state index contributed by atoms with van der Waals surface area (Å²) in [5.74, 6) is 0.839. The molecule has 0 fully saturated rings. The van der Waals surface area contributed by atoms with Crippen molar-refractivity contribution >= 4 is 46.8 Å². The van der Waals surface area contributed by atoms with Crippen LogP contribution in [0.25, 0.3) is 23.3 Å². The zero-order chi connectivity index (χ0) is 35.4. The van der Waals surface area contributed by atoms with E-state index in [9.17, 15) is 0 Å². The Labute approximate surface area is 308 Å². The second-order valence-corrected chi connectivity index (χ2v) is 13.2. The third-order valence-electron chi connectivity index (χ3n) is 7.77. The second kappa shape index (κ2) is 21.2. The number of thioether (sulfide) groups is 2. The van der Waals surface area contributed by atoms with Crippen LogP contribution < -0.4 is 4.74 Å². The van der Waals surface area contributed by atoms with Crippen molar-refractivity contribution in [2.75, 3.05) is 19.6 Å². The minimum absolute atomic E-state index is 0.839. The first-order valence-electron chi connectivity index (χ1n) is 16.6. The lowest BCUT2D eigenvalue weighted by atomic mass is 10.0. The van der Waals surface area contributed by atoms with Gasteiger partial charge in [-0.05, 0) is 96.2 Å². The van der Waals surface area contributed by atoms with Crippen LogP contribution in [0, 0.1) is 0 Å². The molecule has 0 aliphatic rings. The van der Waals surface area contributed by atoms with E-state index in [0.717, 1.165) is 28.0 Å². The summed E-state index contributed by atoms with van der Waals surface area (Å²) in [4.78, 5) is 2.54. The highest BCUT2D eigenvalue weighted by atomic mass is 32.2. The lowest BCUT2D eigenvalue weighted by Crippen LogP contribution is -1.85. The van der Waals surface area contributed by atoms with Gasteiger partial charge in [-0.25, -0.2) is 0 Å². The van der Waals surface area contributed by atoms with Crippen LogP contribution in [-0.2, 0) is 0 Å². The van der Waals surface area contributed by atoms with Gasteiger partial charge in [-0.2, -0.15) is 0 Å². The molecule has 50 heavy (non-hydrogen) atoms. The highest BCUT2D eigenvalue weighted by molar-refractivity contribution is 7.98. The van der Waals surface area contributed by atoms with Crippen molar-refractivity contribution in [2.45, 2.75) is 23.6 Å². The molecule has 0 aromatic heterocycles. The topological polar surface area (TPSA) is 9.23 Å². The van der Waals surface area contributed by atoms with Gasteiger partial charge in [0.25, 0.3) is 0 Å². The molecule has 0 atom stereocenters. The molecule has 252 valence electrons. The molecule has 1 nitrogen and oxygen atoms in total. The van der Waals surface area contributed by atoms with Crippen molar-refractivity contribution in [3.63, 3.8) is 0 Å². The summed E-state index contributed by atoms with van der Waals surface area (Å²) in [6.07, 6.45) is 34.1. The van der Waals surface area contributed by atoms with Crippen LogP contribution in [0.4, 0.5) is 0 Å². The van der Waals surface area contributed by atoms with Gasteiger partial charge in [-0.3, -0.25) is 0 Å². The highest BCUT2D eigenvalue weighted by Crippen LogP contribution is 2.22. The van der Waals surface area contributed by atoms with E-state index in [1.54, 1.807) is 30.6 Å². The summed E-state index contributed by atoms with van der Waals surface area (Å²) in [5.41, 5.74) is 9.23. The molecule has 4 aromatic carbocycles. The molecule has 0 bridgehead atoms. The Balaban J connectivity index is 1.53. The number of ether oxygens (including phenoxy) is 1. The van der Waals surface area contributed by atoms with E-state index in [1.807, 2.05) is 18.2 Å². The number of benzene rings is 4. The maximum Gasteiger partial charge on any atom is 0.118 e. The lowest BCUT2D eigenvalue weighted by molar-refractivity contribution is 0.415. The Bertz CT molecular complexity index is 1910. The third-order valence-corrected chi connectivity index (χ3v) is 9.26. The molecule has 0 heterocycles. The second-order valence-electron chi connectivity index (χ2n) is 11.5. The van der Waals surface area contributed by atoms with Crippen molar-refractivity contribution in [1.29, 1.82) is 0 Å². The van der Waals surface area contributed by atoms with E-state index < -0.39 is 0 Å². The molecule has 4 rings (SSSR count). The third kappa shape index (κ3) is 13.2. The summed E-state index contributed by atoms with van der Waals surface area (Å²) in [6.45, 7) is 4.25. The molecule has 0 unspecified atom stereocenters. The van der Waals surface area contributed by atoms with E-state index in [4.69, 9.17) is 4.74 Å². The fourth-order valence-electron chi connectivity index (χ4n) is 4.83. The number of hydrogen-bond donors (Lipinski definition) is 0. The van der Waals surface area contributed by atoms with Gasteiger partial charge in [0.05, 0.1) is 7.11 Å². The van der Waals surface area contributed by atoms with Crippen LogP contribution in [0.5, 0.6) is 5.75 Å². The summed E-state index contributed by atoms with van der Waals surface area (Å²) in [7, 11) is 1.69. The summed E-state index contributed by atoms with van der Waals surface area (Å²) in [6, 6.07) is 35.9. The van der Waals surface area contributed by atoms with Gasteiger partial charge < -0.3 is 4.74 Å². The average molecular weight is 691 g/mol. The minimum Gasteiger partial charge on any atom is -0.497 e. The summed E-state index contributed by atoms with van der Waals surface area (Å²) < 4.78 is 5.41. The molecule has 0 amide bonds. The first kappa shape index (κ1) is 37.9. The van der Waals surface area contributed by atoms with Crippen LogP contribution >= 0.6 is 23.5 Å². The Kier molecular flexibility index (Phi) is 16.0. The van der Waals surface area contributed by atoms with Gasteiger partial charge in [-0.15, -0.1) is 23.5 Å². The fraction of sp³-hybridized carbons (Fsp3) is 0.106. The molecule has 0 saturated carbocycles. The van der Waals surface area contributed by atoms with Crippen LogP contribution in [0.15, 0.2) is 197 Å². The minimum atomic E-state index is 0.839. The van der Waals surface area contributed by atoms with Crippen molar-refractivity contribution in [1.82, 2.24) is 0 Å². The number of methoxy groups -OCH3 is 1. The largest absolute Gasteiger partial charge is 0.497 e. The molecule has 0 radical (unpaired) electrons. The predicted octanol–water partition coefficient (Wildman–Crippen LogP) is 13.6. The SMILES string of the molecule is COc1ccc(C(=C\C=C\C=C(\C=C\C(C)=C\C=C\c2ccc(SC)cc2)c2ccccc2)/C=C/C(C)=C/C=C/c2ccc(SC)cc2)cc1. The highest BCUT2D eigenvalue weighted by Gasteiger charge is 2.00. The summed E-state index contributed by atoms with van der Waals surface area (Å²) in [5, 5.41) is 0. The van der Waals surface area contributed by atoms with E-state index in [1.165, 1.54) is 32.1 Å². The van der Waals surface area contributed by atoms with Gasteiger partial charge in [0.15, 0.2) is 0 Å². The number of rotatable bonds is 15. The zero-order valence-corrected chi connectivity index (χ0v) is 31.3. The van der Waals surface area contributed by atoms with Gasteiger partial charge >= 0.3 is 0 Å². The first-order chi connectivity index (χ1) is 24.5. The molecule has 0 aliphatic heterocycles. The van der Waals surface area contributed by atoms with Gasteiger partial charge in [0.2, 0.25) is 0 Å².